The Morgan fingerprint density at radius 3 is 2.35 bits per heavy atom. The first-order valence-corrected chi connectivity index (χ1v) is 8.21. The van der Waals surface area contributed by atoms with Gasteiger partial charge in [0.25, 0.3) is 0 Å². The monoisotopic (exact) mass is 288 g/mol. The van der Waals surface area contributed by atoms with E-state index in [0.29, 0.717) is 11.8 Å². The van der Waals surface area contributed by atoms with Crippen molar-refractivity contribution < 1.29 is 0 Å². The molecule has 0 fully saturated rings. The number of aromatic nitrogens is 1. The first-order valence-electron chi connectivity index (χ1n) is 7.33. The van der Waals surface area contributed by atoms with Gasteiger partial charge in [-0.05, 0) is 23.8 Å². The highest BCUT2D eigenvalue weighted by atomic mass is 32.1. The van der Waals surface area contributed by atoms with Gasteiger partial charge in [0.05, 0.1) is 5.69 Å². The van der Waals surface area contributed by atoms with E-state index in [1.165, 1.54) is 11.1 Å². The zero-order valence-corrected chi connectivity index (χ0v) is 13.6. The summed E-state index contributed by atoms with van der Waals surface area (Å²) < 4.78 is 0. The van der Waals surface area contributed by atoms with Crippen LogP contribution in [0.25, 0.3) is 11.3 Å². The van der Waals surface area contributed by atoms with Gasteiger partial charge in [-0.25, -0.2) is 4.98 Å². The van der Waals surface area contributed by atoms with Crippen LogP contribution >= 0.6 is 11.3 Å². The Balaban J connectivity index is 2.04. The van der Waals surface area contributed by atoms with Gasteiger partial charge >= 0.3 is 0 Å². The Bertz CT molecular complexity index is 526. The van der Waals surface area contributed by atoms with Gasteiger partial charge in [0.15, 0.2) is 5.13 Å². The fourth-order valence-corrected chi connectivity index (χ4v) is 2.79. The summed E-state index contributed by atoms with van der Waals surface area (Å²) in [5.41, 5.74) is 3.67. The lowest BCUT2D eigenvalue weighted by molar-refractivity contribution is 0.647. The van der Waals surface area contributed by atoms with Crippen molar-refractivity contribution in [1.29, 1.82) is 0 Å². The van der Waals surface area contributed by atoms with Crippen molar-refractivity contribution in [2.75, 3.05) is 11.9 Å². The van der Waals surface area contributed by atoms with Crippen LogP contribution in [-0.2, 0) is 6.42 Å². The molecule has 108 valence electrons. The van der Waals surface area contributed by atoms with Crippen LogP contribution in [0, 0.1) is 11.8 Å². The second kappa shape index (κ2) is 6.89. The third kappa shape index (κ3) is 4.34. The van der Waals surface area contributed by atoms with Crippen molar-refractivity contribution in [2.24, 2.45) is 11.8 Å². The quantitative estimate of drug-likeness (QED) is 0.802. The highest BCUT2D eigenvalue weighted by molar-refractivity contribution is 7.14. The van der Waals surface area contributed by atoms with Gasteiger partial charge in [-0.3, -0.25) is 0 Å². The minimum atomic E-state index is 0.637. The molecule has 3 heteroatoms. The molecular weight excluding hydrogens is 264 g/mol. The van der Waals surface area contributed by atoms with Crippen molar-refractivity contribution in [3.63, 3.8) is 0 Å². The van der Waals surface area contributed by atoms with Crippen LogP contribution < -0.4 is 5.32 Å². The van der Waals surface area contributed by atoms with Gasteiger partial charge in [0.2, 0.25) is 0 Å². The van der Waals surface area contributed by atoms with Crippen LogP contribution in [0.5, 0.6) is 0 Å². The standard InChI is InChI=1S/C17H24N2S/c1-12(2)9-14-5-7-15(8-6-14)16-11-20-17(19-16)18-10-13(3)4/h5-8,11-13H,9-10H2,1-4H3,(H,18,19). The van der Waals surface area contributed by atoms with Crippen molar-refractivity contribution in [3.05, 3.63) is 35.2 Å². The van der Waals surface area contributed by atoms with Gasteiger partial charge in [-0.15, -0.1) is 11.3 Å². The number of thiazole rings is 1. The zero-order chi connectivity index (χ0) is 14.5. The molecule has 0 aliphatic heterocycles. The largest absolute Gasteiger partial charge is 0.361 e. The molecule has 0 saturated heterocycles. The molecule has 0 amide bonds. The summed E-state index contributed by atoms with van der Waals surface area (Å²) in [4.78, 5) is 4.65. The molecule has 1 aromatic carbocycles. The molecule has 1 aromatic heterocycles. The highest BCUT2D eigenvalue weighted by Crippen LogP contribution is 2.25. The molecule has 0 unspecified atom stereocenters. The molecule has 1 N–H and O–H groups in total. The van der Waals surface area contributed by atoms with Gasteiger partial charge in [-0.2, -0.15) is 0 Å². The Morgan fingerprint density at radius 1 is 1.05 bits per heavy atom. The lowest BCUT2D eigenvalue weighted by atomic mass is 10.0. The Labute approximate surface area is 126 Å². The lowest BCUT2D eigenvalue weighted by Crippen LogP contribution is -2.07. The van der Waals surface area contributed by atoms with Crippen molar-refractivity contribution in [2.45, 2.75) is 34.1 Å². The van der Waals surface area contributed by atoms with E-state index in [1.54, 1.807) is 11.3 Å². The third-order valence-corrected chi connectivity index (χ3v) is 3.86. The van der Waals surface area contributed by atoms with E-state index in [-0.39, 0.29) is 0 Å². The third-order valence-electron chi connectivity index (χ3n) is 3.06. The van der Waals surface area contributed by atoms with E-state index in [9.17, 15) is 0 Å². The molecule has 0 bridgehead atoms. The molecular formula is C17H24N2S. The smallest absolute Gasteiger partial charge is 0.183 e. The van der Waals surface area contributed by atoms with Crippen LogP contribution in [0.1, 0.15) is 33.3 Å². The van der Waals surface area contributed by atoms with E-state index in [4.69, 9.17) is 0 Å². The average molecular weight is 288 g/mol. The number of hydrogen-bond donors (Lipinski definition) is 1. The maximum absolute atomic E-state index is 4.65. The maximum atomic E-state index is 4.65. The summed E-state index contributed by atoms with van der Waals surface area (Å²) in [5, 5.41) is 6.52. The van der Waals surface area contributed by atoms with E-state index < -0.39 is 0 Å². The molecule has 2 nitrogen and oxygen atoms in total. The van der Waals surface area contributed by atoms with Crippen molar-refractivity contribution in [3.8, 4) is 11.3 Å². The molecule has 0 atom stereocenters. The summed E-state index contributed by atoms with van der Waals surface area (Å²) in [6.07, 6.45) is 1.14. The fourth-order valence-electron chi connectivity index (χ4n) is 2.06. The summed E-state index contributed by atoms with van der Waals surface area (Å²) in [5.74, 6) is 1.34. The Morgan fingerprint density at radius 2 is 1.75 bits per heavy atom. The molecule has 0 saturated carbocycles. The first-order chi connectivity index (χ1) is 9.54. The topological polar surface area (TPSA) is 24.9 Å². The van der Waals surface area contributed by atoms with E-state index >= 15 is 0 Å². The molecule has 1 heterocycles. The minimum Gasteiger partial charge on any atom is -0.361 e. The summed E-state index contributed by atoms with van der Waals surface area (Å²) in [6.45, 7) is 9.88. The average Bonchev–Trinajstić information content (AvgIpc) is 2.85. The van der Waals surface area contributed by atoms with E-state index in [0.717, 1.165) is 23.8 Å². The van der Waals surface area contributed by atoms with Crippen molar-refractivity contribution in [1.82, 2.24) is 4.98 Å². The Kier molecular flexibility index (Phi) is 5.18. The summed E-state index contributed by atoms with van der Waals surface area (Å²) >= 11 is 1.68. The van der Waals surface area contributed by atoms with Gasteiger partial charge in [0.1, 0.15) is 0 Å². The van der Waals surface area contributed by atoms with E-state index in [2.05, 4.69) is 67.6 Å². The van der Waals surface area contributed by atoms with Crippen LogP contribution in [0.3, 0.4) is 0 Å². The predicted octanol–water partition coefficient (Wildman–Crippen LogP) is 5.08. The normalized spacial score (nSPS) is 11.3. The van der Waals surface area contributed by atoms with Crippen LogP contribution in [0.15, 0.2) is 29.6 Å². The predicted molar refractivity (Wildman–Crippen MR) is 89.4 cm³/mol. The SMILES string of the molecule is CC(C)CNc1nc(-c2ccc(CC(C)C)cc2)cs1. The van der Waals surface area contributed by atoms with Crippen molar-refractivity contribution >= 4 is 16.5 Å². The Hall–Kier alpha value is -1.35. The summed E-state index contributed by atoms with van der Waals surface area (Å²) in [6, 6.07) is 8.80. The highest BCUT2D eigenvalue weighted by Gasteiger charge is 2.05. The van der Waals surface area contributed by atoms with Crippen LogP contribution in [0.2, 0.25) is 0 Å². The molecule has 0 aliphatic rings. The number of rotatable bonds is 6. The second-order valence-corrected chi connectivity index (χ2v) is 6.97. The van der Waals surface area contributed by atoms with Crippen LogP contribution in [0.4, 0.5) is 5.13 Å². The molecule has 0 radical (unpaired) electrons. The fraction of sp³-hybridized carbons (Fsp3) is 0.471. The number of benzene rings is 1. The summed E-state index contributed by atoms with van der Waals surface area (Å²) in [7, 11) is 0. The van der Waals surface area contributed by atoms with Gasteiger partial charge in [-0.1, -0.05) is 52.0 Å². The molecule has 2 rings (SSSR count). The van der Waals surface area contributed by atoms with E-state index in [1.807, 2.05) is 0 Å². The molecule has 0 spiro atoms. The number of hydrogen-bond acceptors (Lipinski definition) is 3. The number of nitrogens with zero attached hydrogens (tertiary/aromatic N) is 1. The maximum Gasteiger partial charge on any atom is 0.183 e. The molecule has 0 aliphatic carbocycles. The molecule has 2 aromatic rings. The van der Waals surface area contributed by atoms with Gasteiger partial charge in [0, 0.05) is 17.5 Å². The number of nitrogens with one attached hydrogen (secondary N) is 1. The number of anilines is 1. The van der Waals surface area contributed by atoms with Gasteiger partial charge < -0.3 is 5.32 Å². The minimum absolute atomic E-state index is 0.637. The van der Waals surface area contributed by atoms with Crippen LogP contribution in [-0.4, -0.2) is 11.5 Å². The second-order valence-electron chi connectivity index (χ2n) is 6.11. The zero-order valence-electron chi connectivity index (χ0n) is 12.8. The first kappa shape index (κ1) is 15.0. The molecule has 20 heavy (non-hydrogen) atoms. The lowest BCUT2D eigenvalue weighted by Gasteiger charge is -2.06.